The maximum Gasteiger partial charge on any atom is 0.273 e. The van der Waals surface area contributed by atoms with Gasteiger partial charge in [0.15, 0.2) is 8.68 Å². The lowest BCUT2D eigenvalue weighted by Gasteiger charge is -2.06. The van der Waals surface area contributed by atoms with Gasteiger partial charge in [0, 0.05) is 0 Å². The van der Waals surface area contributed by atoms with E-state index in [0.29, 0.717) is 0 Å². The highest BCUT2D eigenvalue weighted by atomic mass is 35.5. The van der Waals surface area contributed by atoms with E-state index in [1.807, 2.05) is 0 Å². The van der Waals surface area contributed by atoms with E-state index in [4.69, 9.17) is 23.2 Å². The number of aromatic nitrogens is 1. The van der Waals surface area contributed by atoms with Crippen molar-refractivity contribution in [2.24, 2.45) is 0 Å². The van der Waals surface area contributed by atoms with Crippen LogP contribution in [-0.2, 0) is 10.0 Å². The molecule has 0 bridgehead atoms. The Hall–Kier alpha value is -0.890. The van der Waals surface area contributed by atoms with E-state index in [1.165, 1.54) is 12.1 Å². The lowest BCUT2D eigenvalue weighted by molar-refractivity contribution is 0.602. The molecule has 1 aromatic carbocycles. The minimum Gasteiger partial charge on any atom is -0.279 e. The molecule has 0 aliphatic carbocycles. The first kappa shape index (κ1) is 13.5. The van der Waals surface area contributed by atoms with Gasteiger partial charge in [-0.3, -0.25) is 4.72 Å². The van der Waals surface area contributed by atoms with Gasteiger partial charge in [0.05, 0.1) is 16.9 Å². The number of sulfonamides is 1. The van der Waals surface area contributed by atoms with Gasteiger partial charge in [-0.15, -0.1) is 0 Å². The van der Waals surface area contributed by atoms with Crippen molar-refractivity contribution < 1.29 is 12.8 Å². The van der Waals surface area contributed by atoms with E-state index in [9.17, 15) is 12.8 Å². The summed E-state index contributed by atoms with van der Waals surface area (Å²) in [5.41, 5.74) is 0.158. The van der Waals surface area contributed by atoms with E-state index in [2.05, 4.69) is 9.71 Å². The van der Waals surface area contributed by atoms with Crippen molar-refractivity contribution in [1.29, 1.82) is 0 Å². The van der Waals surface area contributed by atoms with Crippen LogP contribution in [0.3, 0.4) is 0 Å². The number of nitrogens with one attached hydrogen (secondary N) is 1. The highest BCUT2D eigenvalue weighted by molar-refractivity contribution is 7.94. The number of benzene rings is 1. The molecule has 0 aliphatic heterocycles. The average molecular weight is 327 g/mol. The Labute approximate surface area is 116 Å². The predicted octanol–water partition coefficient (Wildman–Crippen LogP) is 3.39. The summed E-state index contributed by atoms with van der Waals surface area (Å²) >= 11 is 11.9. The van der Waals surface area contributed by atoms with E-state index < -0.39 is 15.8 Å². The van der Waals surface area contributed by atoms with Crippen molar-refractivity contribution in [2.45, 2.75) is 4.21 Å². The van der Waals surface area contributed by atoms with Crippen molar-refractivity contribution in [3.63, 3.8) is 0 Å². The molecule has 18 heavy (non-hydrogen) atoms. The molecule has 0 saturated heterocycles. The van der Waals surface area contributed by atoms with Crippen LogP contribution < -0.4 is 4.72 Å². The minimum atomic E-state index is -3.78. The normalized spacial score (nSPS) is 11.5. The monoisotopic (exact) mass is 326 g/mol. The molecule has 4 nitrogen and oxygen atoms in total. The molecule has 96 valence electrons. The first-order valence-electron chi connectivity index (χ1n) is 4.48. The first-order valence-corrected chi connectivity index (χ1v) is 7.53. The Morgan fingerprint density at radius 1 is 1.33 bits per heavy atom. The van der Waals surface area contributed by atoms with Crippen molar-refractivity contribution in [2.75, 3.05) is 4.72 Å². The molecule has 2 aromatic rings. The van der Waals surface area contributed by atoms with Gasteiger partial charge in [0.2, 0.25) is 0 Å². The molecule has 0 saturated carbocycles. The molecular formula is C9H5Cl2FN2O2S2. The third-order valence-electron chi connectivity index (χ3n) is 1.89. The van der Waals surface area contributed by atoms with Crippen LogP contribution in [0.25, 0.3) is 0 Å². The maximum atomic E-state index is 12.9. The van der Waals surface area contributed by atoms with Gasteiger partial charge in [-0.2, -0.15) is 0 Å². The number of hydrogen-bond acceptors (Lipinski definition) is 4. The highest BCUT2D eigenvalue weighted by Gasteiger charge is 2.18. The van der Waals surface area contributed by atoms with E-state index >= 15 is 0 Å². The molecule has 0 aliphatic rings. The zero-order chi connectivity index (χ0) is 13.3. The molecule has 9 heteroatoms. The molecule has 1 aromatic heterocycles. The second kappa shape index (κ2) is 5.00. The van der Waals surface area contributed by atoms with Crippen LogP contribution >= 0.6 is 34.5 Å². The summed E-state index contributed by atoms with van der Waals surface area (Å²) in [4.78, 5) is 3.63. The van der Waals surface area contributed by atoms with Crippen molar-refractivity contribution in [3.8, 4) is 0 Å². The largest absolute Gasteiger partial charge is 0.279 e. The predicted molar refractivity (Wildman–Crippen MR) is 69.3 cm³/mol. The standard InChI is InChI=1S/C9H5Cl2FN2O2S2/c10-6-3-5(1-2-7(6)12)14-18(15,16)8-4-13-9(11)17-8/h1-4,14H. The van der Waals surface area contributed by atoms with Crippen LogP contribution in [-0.4, -0.2) is 13.4 Å². The Balaban J connectivity index is 2.30. The molecule has 1 heterocycles. The number of rotatable bonds is 3. The summed E-state index contributed by atoms with van der Waals surface area (Å²) in [6.45, 7) is 0. The summed E-state index contributed by atoms with van der Waals surface area (Å²) in [6, 6.07) is 3.51. The van der Waals surface area contributed by atoms with Gasteiger partial charge in [-0.25, -0.2) is 17.8 Å². The zero-order valence-electron chi connectivity index (χ0n) is 8.52. The molecule has 0 amide bonds. The molecule has 0 radical (unpaired) electrons. The van der Waals surface area contributed by atoms with Gasteiger partial charge < -0.3 is 0 Å². The number of nitrogens with zero attached hydrogens (tertiary/aromatic N) is 1. The quantitative estimate of drug-likeness (QED) is 0.940. The third-order valence-corrected chi connectivity index (χ3v) is 5.14. The summed E-state index contributed by atoms with van der Waals surface area (Å²) in [6.07, 6.45) is 1.14. The van der Waals surface area contributed by atoms with Gasteiger partial charge >= 0.3 is 0 Å². The molecule has 0 unspecified atom stereocenters. The fourth-order valence-electron chi connectivity index (χ4n) is 1.13. The molecule has 2 rings (SSSR count). The van der Waals surface area contributed by atoms with Gasteiger partial charge in [0.1, 0.15) is 5.82 Å². The molecule has 0 atom stereocenters. The highest BCUT2D eigenvalue weighted by Crippen LogP contribution is 2.26. The lowest BCUT2D eigenvalue weighted by Crippen LogP contribution is -2.11. The van der Waals surface area contributed by atoms with E-state index in [0.717, 1.165) is 23.6 Å². The topological polar surface area (TPSA) is 59.1 Å². The fourth-order valence-corrected chi connectivity index (χ4v) is 3.65. The maximum absolute atomic E-state index is 12.9. The van der Waals surface area contributed by atoms with Crippen LogP contribution in [0.2, 0.25) is 9.49 Å². The molecule has 1 N–H and O–H groups in total. The zero-order valence-corrected chi connectivity index (χ0v) is 11.7. The smallest absolute Gasteiger partial charge is 0.273 e. The lowest BCUT2D eigenvalue weighted by atomic mass is 10.3. The first-order chi connectivity index (χ1) is 8.38. The van der Waals surface area contributed by atoms with Crippen molar-refractivity contribution in [3.05, 3.63) is 39.7 Å². The number of thiazole rings is 1. The van der Waals surface area contributed by atoms with Crippen molar-refractivity contribution >= 4 is 50.2 Å². The summed E-state index contributed by atoms with van der Waals surface area (Å²) < 4.78 is 39.0. The van der Waals surface area contributed by atoms with Crippen LogP contribution in [0.4, 0.5) is 10.1 Å². The average Bonchev–Trinajstić information content (AvgIpc) is 2.71. The summed E-state index contributed by atoms with van der Waals surface area (Å²) in [5, 5.41) is -0.169. The van der Waals surface area contributed by atoms with Gasteiger partial charge in [-0.05, 0) is 18.2 Å². The van der Waals surface area contributed by atoms with Crippen LogP contribution in [0.1, 0.15) is 0 Å². The van der Waals surface area contributed by atoms with Crippen molar-refractivity contribution in [1.82, 2.24) is 4.98 Å². The fraction of sp³-hybridized carbons (Fsp3) is 0. The summed E-state index contributed by atoms with van der Waals surface area (Å²) in [5.74, 6) is -0.625. The Bertz CT molecular complexity index is 688. The third kappa shape index (κ3) is 2.92. The van der Waals surface area contributed by atoms with Gasteiger partial charge in [-0.1, -0.05) is 34.5 Å². The Kier molecular flexibility index (Phi) is 3.76. The van der Waals surface area contributed by atoms with Crippen LogP contribution in [0.5, 0.6) is 0 Å². The SMILES string of the molecule is O=S(=O)(Nc1ccc(F)c(Cl)c1)c1cnc(Cl)s1. The number of hydrogen-bond donors (Lipinski definition) is 1. The number of halogens is 3. The second-order valence-electron chi connectivity index (χ2n) is 3.17. The minimum absolute atomic E-state index is 0.0343. The Morgan fingerprint density at radius 3 is 2.61 bits per heavy atom. The van der Waals surface area contributed by atoms with Crippen LogP contribution in [0, 0.1) is 5.82 Å². The molecular weight excluding hydrogens is 322 g/mol. The van der Waals surface area contributed by atoms with Crippen LogP contribution in [0.15, 0.2) is 28.6 Å². The van der Waals surface area contributed by atoms with Gasteiger partial charge in [0.25, 0.3) is 10.0 Å². The summed E-state index contributed by atoms with van der Waals surface area (Å²) in [7, 11) is -3.78. The number of anilines is 1. The van der Waals surface area contributed by atoms with E-state index in [1.54, 1.807) is 0 Å². The second-order valence-corrected chi connectivity index (χ2v) is 7.10. The molecule has 0 spiro atoms. The Morgan fingerprint density at radius 2 is 2.06 bits per heavy atom. The van der Waals surface area contributed by atoms with E-state index in [-0.39, 0.29) is 19.4 Å². The molecule has 0 fully saturated rings.